The second-order valence-corrected chi connectivity index (χ2v) is 4.20. The number of hydrogen-bond donors (Lipinski definition) is 2. The van der Waals surface area contributed by atoms with Crippen molar-refractivity contribution >= 4 is 33.3 Å². The van der Waals surface area contributed by atoms with Gasteiger partial charge in [-0.1, -0.05) is 5.16 Å². The van der Waals surface area contributed by atoms with Crippen LogP contribution in [0.1, 0.15) is 16.1 Å². The maximum atomic E-state index is 11.8. The molecule has 0 aliphatic heterocycles. The predicted octanol–water partition coefficient (Wildman–Crippen LogP) is 1.98. The molecule has 0 aromatic carbocycles. The summed E-state index contributed by atoms with van der Waals surface area (Å²) in [5, 5.41) is 6.16. The van der Waals surface area contributed by atoms with Gasteiger partial charge in [-0.2, -0.15) is 0 Å². The van der Waals surface area contributed by atoms with E-state index in [9.17, 15) is 4.79 Å². The molecule has 0 atom stereocenters. The van der Waals surface area contributed by atoms with Crippen molar-refractivity contribution in [2.75, 3.05) is 11.1 Å². The summed E-state index contributed by atoms with van der Waals surface area (Å²) in [6, 6.07) is 1.66. The van der Waals surface area contributed by atoms with Crippen molar-refractivity contribution in [1.82, 2.24) is 10.1 Å². The third kappa shape index (κ3) is 2.44. The number of nitrogens with two attached hydrogens (primary N) is 1. The van der Waals surface area contributed by atoms with E-state index in [1.165, 1.54) is 12.4 Å². The van der Waals surface area contributed by atoms with Gasteiger partial charge >= 0.3 is 0 Å². The Hall–Kier alpha value is -1.89. The van der Waals surface area contributed by atoms with Gasteiger partial charge < -0.3 is 15.6 Å². The largest absolute Gasteiger partial charge is 0.397 e. The van der Waals surface area contributed by atoms with E-state index in [2.05, 4.69) is 31.4 Å². The van der Waals surface area contributed by atoms with E-state index in [4.69, 9.17) is 10.3 Å². The molecule has 0 saturated heterocycles. The zero-order valence-electron chi connectivity index (χ0n) is 8.90. The van der Waals surface area contributed by atoms with Gasteiger partial charge in [0.15, 0.2) is 0 Å². The summed E-state index contributed by atoms with van der Waals surface area (Å²) in [7, 11) is 0. The molecule has 0 radical (unpaired) electrons. The Bertz CT molecular complexity index is 567. The molecule has 0 spiro atoms. The van der Waals surface area contributed by atoms with Crippen molar-refractivity contribution < 1.29 is 9.32 Å². The van der Waals surface area contributed by atoms with Crippen LogP contribution in [0.3, 0.4) is 0 Å². The number of rotatable bonds is 2. The van der Waals surface area contributed by atoms with Crippen LogP contribution in [0, 0.1) is 6.92 Å². The number of anilines is 2. The molecule has 2 aromatic heterocycles. The normalized spacial score (nSPS) is 10.2. The van der Waals surface area contributed by atoms with Crippen LogP contribution in [0.5, 0.6) is 0 Å². The van der Waals surface area contributed by atoms with Gasteiger partial charge in [0.2, 0.25) is 0 Å². The molecular formula is C10H9BrN4O2. The van der Waals surface area contributed by atoms with Crippen LogP contribution in [-0.4, -0.2) is 16.0 Å². The van der Waals surface area contributed by atoms with Crippen LogP contribution in [0.2, 0.25) is 0 Å². The van der Waals surface area contributed by atoms with E-state index >= 15 is 0 Å². The van der Waals surface area contributed by atoms with Crippen LogP contribution < -0.4 is 11.1 Å². The maximum Gasteiger partial charge on any atom is 0.262 e. The summed E-state index contributed by atoms with van der Waals surface area (Å²) in [5.41, 5.74) is 6.43. The molecular weight excluding hydrogens is 288 g/mol. The van der Waals surface area contributed by atoms with Crippen molar-refractivity contribution in [3.8, 4) is 0 Å². The van der Waals surface area contributed by atoms with Crippen molar-refractivity contribution in [2.45, 2.75) is 6.92 Å². The number of aromatic nitrogens is 2. The number of pyridine rings is 1. The SMILES string of the molecule is Cc1oncc1C(=O)Nc1ncc(N)cc1Br. The molecule has 1 amide bonds. The minimum atomic E-state index is -0.332. The monoisotopic (exact) mass is 296 g/mol. The second kappa shape index (κ2) is 4.54. The summed E-state index contributed by atoms with van der Waals surface area (Å²) in [5.74, 6) is 0.514. The highest BCUT2D eigenvalue weighted by Crippen LogP contribution is 2.22. The first-order valence-electron chi connectivity index (χ1n) is 4.71. The lowest BCUT2D eigenvalue weighted by molar-refractivity contribution is 0.102. The van der Waals surface area contributed by atoms with Gasteiger partial charge in [-0.05, 0) is 28.9 Å². The Kier molecular flexibility index (Phi) is 3.10. The summed E-state index contributed by atoms with van der Waals surface area (Å²) >= 11 is 3.26. The number of hydrogen-bond acceptors (Lipinski definition) is 5. The highest BCUT2D eigenvalue weighted by Gasteiger charge is 2.14. The Balaban J connectivity index is 2.22. The van der Waals surface area contributed by atoms with Crippen LogP contribution >= 0.6 is 15.9 Å². The zero-order chi connectivity index (χ0) is 12.4. The third-order valence-corrected chi connectivity index (χ3v) is 2.69. The number of halogens is 1. The first-order valence-corrected chi connectivity index (χ1v) is 5.51. The number of nitrogen functional groups attached to an aromatic ring is 1. The minimum absolute atomic E-state index is 0.332. The number of carbonyl (C=O) groups is 1. The van der Waals surface area contributed by atoms with Gasteiger partial charge in [0, 0.05) is 0 Å². The van der Waals surface area contributed by atoms with E-state index in [-0.39, 0.29) is 5.91 Å². The Morgan fingerprint density at radius 1 is 1.53 bits per heavy atom. The quantitative estimate of drug-likeness (QED) is 0.883. The molecule has 2 aromatic rings. The second-order valence-electron chi connectivity index (χ2n) is 3.35. The van der Waals surface area contributed by atoms with Gasteiger partial charge in [0.05, 0.1) is 22.6 Å². The van der Waals surface area contributed by atoms with Crippen molar-refractivity contribution in [3.05, 3.63) is 34.3 Å². The molecule has 0 unspecified atom stereocenters. The molecule has 0 bridgehead atoms. The van der Waals surface area contributed by atoms with E-state index in [1.54, 1.807) is 13.0 Å². The molecule has 88 valence electrons. The van der Waals surface area contributed by atoms with Crippen molar-refractivity contribution in [1.29, 1.82) is 0 Å². The molecule has 0 saturated carbocycles. The number of aryl methyl sites for hydroxylation is 1. The van der Waals surface area contributed by atoms with E-state index < -0.39 is 0 Å². The Morgan fingerprint density at radius 3 is 2.88 bits per heavy atom. The Labute approximate surface area is 105 Å². The number of amides is 1. The fourth-order valence-corrected chi connectivity index (χ4v) is 1.70. The standard InChI is InChI=1S/C10H9BrN4O2/c1-5-7(4-14-17-5)10(16)15-9-8(11)2-6(12)3-13-9/h2-4H,12H2,1H3,(H,13,15,16). The van der Waals surface area contributed by atoms with Crippen LogP contribution in [0.15, 0.2) is 27.5 Å². The highest BCUT2D eigenvalue weighted by molar-refractivity contribution is 9.10. The maximum absolute atomic E-state index is 11.8. The van der Waals surface area contributed by atoms with Crippen molar-refractivity contribution in [2.24, 2.45) is 0 Å². The molecule has 17 heavy (non-hydrogen) atoms. The van der Waals surface area contributed by atoms with E-state index in [1.807, 2.05) is 0 Å². The summed E-state index contributed by atoms with van der Waals surface area (Å²) in [4.78, 5) is 15.8. The van der Waals surface area contributed by atoms with E-state index in [0.29, 0.717) is 27.3 Å². The van der Waals surface area contributed by atoms with Crippen LogP contribution in [0.4, 0.5) is 11.5 Å². The van der Waals surface area contributed by atoms with Gasteiger partial charge in [-0.15, -0.1) is 0 Å². The van der Waals surface area contributed by atoms with E-state index in [0.717, 1.165) is 0 Å². The predicted molar refractivity (Wildman–Crippen MR) is 65.5 cm³/mol. The Morgan fingerprint density at radius 2 is 2.29 bits per heavy atom. The number of nitrogens with one attached hydrogen (secondary N) is 1. The molecule has 2 rings (SSSR count). The molecule has 2 heterocycles. The minimum Gasteiger partial charge on any atom is -0.397 e. The number of carbonyl (C=O) groups excluding carboxylic acids is 1. The summed E-state index contributed by atoms with van der Waals surface area (Å²) in [6.07, 6.45) is 2.82. The van der Waals surface area contributed by atoms with Crippen LogP contribution in [0.25, 0.3) is 0 Å². The average Bonchev–Trinajstić information content (AvgIpc) is 2.68. The summed E-state index contributed by atoms with van der Waals surface area (Å²) in [6.45, 7) is 1.66. The van der Waals surface area contributed by atoms with Gasteiger partial charge in [0.25, 0.3) is 5.91 Å². The van der Waals surface area contributed by atoms with Crippen LogP contribution in [-0.2, 0) is 0 Å². The highest BCUT2D eigenvalue weighted by atomic mass is 79.9. The molecule has 0 fully saturated rings. The molecule has 0 aliphatic carbocycles. The molecule has 0 aliphatic rings. The molecule has 6 nitrogen and oxygen atoms in total. The smallest absolute Gasteiger partial charge is 0.262 e. The van der Waals surface area contributed by atoms with Crippen molar-refractivity contribution in [3.63, 3.8) is 0 Å². The first-order chi connectivity index (χ1) is 8.08. The lowest BCUT2D eigenvalue weighted by atomic mass is 10.2. The fourth-order valence-electron chi connectivity index (χ4n) is 1.24. The first kappa shape index (κ1) is 11.6. The molecule has 3 N–H and O–H groups in total. The van der Waals surface area contributed by atoms with Gasteiger partial charge in [0.1, 0.15) is 17.1 Å². The average molecular weight is 297 g/mol. The molecule has 7 heteroatoms. The third-order valence-electron chi connectivity index (χ3n) is 2.09. The van der Waals surface area contributed by atoms with Gasteiger partial charge in [-0.3, -0.25) is 4.79 Å². The van der Waals surface area contributed by atoms with Gasteiger partial charge in [-0.25, -0.2) is 4.98 Å². The lowest BCUT2D eigenvalue weighted by Crippen LogP contribution is -2.13. The lowest BCUT2D eigenvalue weighted by Gasteiger charge is -2.05. The summed E-state index contributed by atoms with van der Waals surface area (Å²) < 4.78 is 5.42. The zero-order valence-corrected chi connectivity index (χ0v) is 10.5. The topological polar surface area (TPSA) is 94.0 Å². The fraction of sp³-hybridized carbons (Fsp3) is 0.100. The number of nitrogens with zero attached hydrogens (tertiary/aromatic N) is 2.